The Balaban J connectivity index is 0.000000208. The van der Waals surface area contributed by atoms with Crippen LogP contribution in [0, 0.1) is 17.7 Å². The van der Waals surface area contributed by atoms with Crippen molar-refractivity contribution in [2.45, 2.75) is 57.7 Å². The van der Waals surface area contributed by atoms with E-state index in [4.69, 9.17) is 14.2 Å². The molecule has 0 N–H and O–H groups in total. The molecule has 0 unspecified atom stereocenters. The van der Waals surface area contributed by atoms with Gasteiger partial charge in [0.05, 0.1) is 20.3 Å². The summed E-state index contributed by atoms with van der Waals surface area (Å²) < 4.78 is 70.1. The minimum Gasteiger partial charge on any atom is -0.497 e. The molecule has 10 heteroatoms. The first-order valence-corrected chi connectivity index (χ1v) is 19.2. The molecule has 2 aliphatic rings. The molecule has 292 valence electrons. The second-order valence-corrected chi connectivity index (χ2v) is 14.2. The maximum Gasteiger partial charge on any atom is 0.573 e. The standard InChI is InChI=1S/C22H26F3NO2.C22H28FNO2/c23-22(24,25)28-21-8-6-18(7-9-21)10-14-26-15-11-19(12-16-26)13-17-27-20-4-2-1-3-5-20;1-25-21-6-2-18(3-7-21)10-14-24-15-11-19(12-16-24)13-17-26-22-8-4-20(23)5-9-22/h1-9,19H,10-17H2;2-9,19H,10-17H2,1H3. The summed E-state index contributed by atoms with van der Waals surface area (Å²) in [5, 5.41) is 0. The van der Waals surface area contributed by atoms with Crippen LogP contribution >= 0.6 is 0 Å². The van der Waals surface area contributed by atoms with Gasteiger partial charge in [0.2, 0.25) is 0 Å². The molecule has 0 bridgehead atoms. The summed E-state index contributed by atoms with van der Waals surface area (Å²) in [5.41, 5.74) is 2.38. The summed E-state index contributed by atoms with van der Waals surface area (Å²) in [6.07, 6.45) is 4.21. The zero-order valence-electron chi connectivity index (χ0n) is 31.3. The Morgan fingerprint density at radius 2 is 0.981 bits per heavy atom. The summed E-state index contributed by atoms with van der Waals surface area (Å²) in [4.78, 5) is 4.98. The van der Waals surface area contributed by atoms with E-state index in [2.05, 4.69) is 26.7 Å². The first-order chi connectivity index (χ1) is 26.2. The lowest BCUT2D eigenvalue weighted by Gasteiger charge is -2.32. The van der Waals surface area contributed by atoms with E-state index >= 15 is 0 Å². The third kappa shape index (κ3) is 15.2. The highest BCUT2D eigenvalue weighted by Crippen LogP contribution is 2.25. The van der Waals surface area contributed by atoms with Crippen LogP contribution in [0.5, 0.6) is 23.0 Å². The van der Waals surface area contributed by atoms with E-state index in [1.165, 1.54) is 42.7 Å². The fraction of sp³-hybridized carbons (Fsp3) is 0.455. The lowest BCUT2D eigenvalue weighted by Crippen LogP contribution is -2.35. The van der Waals surface area contributed by atoms with Gasteiger partial charge in [-0.25, -0.2) is 4.39 Å². The van der Waals surface area contributed by atoms with Crippen molar-refractivity contribution in [2.75, 3.05) is 59.6 Å². The highest BCUT2D eigenvalue weighted by Gasteiger charge is 2.31. The number of para-hydroxylation sites is 1. The molecule has 2 fully saturated rings. The second kappa shape index (κ2) is 21.6. The molecule has 0 aromatic heterocycles. The van der Waals surface area contributed by atoms with Gasteiger partial charge in [-0.15, -0.1) is 13.2 Å². The maximum absolute atomic E-state index is 12.9. The zero-order chi connectivity index (χ0) is 38.0. The topological polar surface area (TPSA) is 43.4 Å². The maximum atomic E-state index is 12.9. The lowest BCUT2D eigenvalue weighted by atomic mass is 9.93. The number of methoxy groups -OCH3 is 1. The van der Waals surface area contributed by atoms with Crippen molar-refractivity contribution in [3.63, 3.8) is 0 Å². The van der Waals surface area contributed by atoms with Crippen molar-refractivity contribution >= 4 is 0 Å². The first kappa shape index (κ1) is 40.9. The number of piperidine rings is 2. The normalized spacial score (nSPS) is 15.9. The smallest absolute Gasteiger partial charge is 0.497 e. The van der Waals surface area contributed by atoms with Crippen LogP contribution in [0.25, 0.3) is 0 Å². The first-order valence-electron chi connectivity index (χ1n) is 19.2. The van der Waals surface area contributed by atoms with Gasteiger partial charge in [-0.3, -0.25) is 0 Å². The van der Waals surface area contributed by atoms with E-state index < -0.39 is 6.36 Å². The monoisotopic (exact) mass is 750 g/mol. The minimum absolute atomic E-state index is 0.171. The van der Waals surface area contributed by atoms with E-state index in [1.807, 2.05) is 42.5 Å². The molecule has 6 rings (SSSR count). The van der Waals surface area contributed by atoms with E-state index in [0.29, 0.717) is 12.5 Å². The predicted molar refractivity (Wildman–Crippen MR) is 205 cm³/mol. The van der Waals surface area contributed by atoms with Gasteiger partial charge in [-0.1, -0.05) is 42.5 Å². The number of likely N-dealkylation sites (tertiary alicyclic amines) is 2. The molecule has 0 atom stereocenters. The Bertz CT molecular complexity index is 1590. The van der Waals surface area contributed by atoms with Crippen LogP contribution in [-0.4, -0.2) is 75.8 Å². The van der Waals surface area contributed by atoms with Gasteiger partial charge in [-0.05, 0) is 161 Å². The molecule has 2 aliphatic heterocycles. The Kier molecular flexibility index (Phi) is 16.3. The summed E-state index contributed by atoms with van der Waals surface area (Å²) in [5.74, 6) is 3.62. The van der Waals surface area contributed by atoms with Crippen LogP contribution in [0.4, 0.5) is 17.6 Å². The van der Waals surface area contributed by atoms with E-state index in [9.17, 15) is 17.6 Å². The summed E-state index contributed by atoms with van der Waals surface area (Å²) in [6.45, 7) is 7.95. The van der Waals surface area contributed by atoms with Gasteiger partial charge in [0.25, 0.3) is 0 Å². The van der Waals surface area contributed by atoms with Crippen LogP contribution in [0.2, 0.25) is 0 Å². The number of ether oxygens (including phenoxy) is 4. The van der Waals surface area contributed by atoms with Gasteiger partial charge in [-0.2, -0.15) is 0 Å². The third-order valence-corrected chi connectivity index (χ3v) is 10.3. The highest BCUT2D eigenvalue weighted by atomic mass is 19.4. The van der Waals surface area contributed by atoms with E-state index in [0.717, 1.165) is 113 Å². The van der Waals surface area contributed by atoms with Crippen LogP contribution in [0.15, 0.2) is 103 Å². The van der Waals surface area contributed by atoms with Crippen molar-refractivity contribution in [2.24, 2.45) is 11.8 Å². The number of hydrogen-bond donors (Lipinski definition) is 0. The summed E-state index contributed by atoms with van der Waals surface area (Å²) in [6, 6.07) is 30.7. The molecule has 6 nitrogen and oxygen atoms in total. The molecule has 0 aliphatic carbocycles. The molecule has 4 aromatic carbocycles. The third-order valence-electron chi connectivity index (χ3n) is 10.3. The fourth-order valence-electron chi connectivity index (χ4n) is 6.96. The molecule has 54 heavy (non-hydrogen) atoms. The van der Waals surface area contributed by atoms with Crippen molar-refractivity contribution in [3.8, 4) is 23.0 Å². The van der Waals surface area contributed by atoms with Crippen LogP contribution in [0.1, 0.15) is 49.7 Å². The largest absolute Gasteiger partial charge is 0.573 e. The highest BCUT2D eigenvalue weighted by molar-refractivity contribution is 5.28. The molecular weight excluding hydrogens is 696 g/mol. The van der Waals surface area contributed by atoms with Gasteiger partial charge in [0.15, 0.2) is 0 Å². The van der Waals surface area contributed by atoms with Crippen molar-refractivity contribution in [3.05, 3.63) is 120 Å². The molecule has 0 amide bonds. The lowest BCUT2D eigenvalue weighted by molar-refractivity contribution is -0.274. The predicted octanol–water partition coefficient (Wildman–Crippen LogP) is 9.87. The Hall–Kier alpha value is -4.28. The number of halogens is 4. The quantitative estimate of drug-likeness (QED) is 0.106. The molecule has 0 saturated carbocycles. The van der Waals surface area contributed by atoms with E-state index in [-0.39, 0.29) is 11.6 Å². The number of nitrogens with zero attached hydrogens (tertiary/aromatic N) is 2. The number of rotatable bonds is 16. The Morgan fingerprint density at radius 3 is 1.43 bits per heavy atom. The van der Waals surface area contributed by atoms with Crippen LogP contribution in [-0.2, 0) is 12.8 Å². The summed E-state index contributed by atoms with van der Waals surface area (Å²) >= 11 is 0. The van der Waals surface area contributed by atoms with Crippen LogP contribution < -0.4 is 18.9 Å². The van der Waals surface area contributed by atoms with Gasteiger partial charge >= 0.3 is 6.36 Å². The molecular formula is C44H54F4N2O4. The second-order valence-electron chi connectivity index (χ2n) is 14.2. The average molecular weight is 751 g/mol. The number of alkyl halides is 3. The molecule has 2 saturated heterocycles. The van der Waals surface area contributed by atoms with Crippen molar-refractivity contribution < 1.29 is 36.5 Å². The summed E-state index contributed by atoms with van der Waals surface area (Å²) in [7, 11) is 1.70. The number of hydrogen-bond acceptors (Lipinski definition) is 6. The fourth-order valence-corrected chi connectivity index (χ4v) is 6.96. The van der Waals surface area contributed by atoms with Crippen molar-refractivity contribution in [1.82, 2.24) is 9.80 Å². The molecule has 0 spiro atoms. The van der Waals surface area contributed by atoms with E-state index in [1.54, 1.807) is 31.4 Å². The average Bonchev–Trinajstić information content (AvgIpc) is 3.19. The zero-order valence-corrected chi connectivity index (χ0v) is 31.3. The Morgan fingerprint density at radius 1 is 0.556 bits per heavy atom. The van der Waals surface area contributed by atoms with Crippen molar-refractivity contribution in [1.29, 1.82) is 0 Å². The molecule has 2 heterocycles. The number of benzene rings is 4. The molecule has 4 aromatic rings. The Labute approximate surface area is 318 Å². The van der Waals surface area contributed by atoms with Gasteiger partial charge in [0.1, 0.15) is 28.8 Å². The molecule has 0 radical (unpaired) electrons. The van der Waals surface area contributed by atoms with Gasteiger partial charge in [0, 0.05) is 13.1 Å². The van der Waals surface area contributed by atoms with Crippen LogP contribution in [0.3, 0.4) is 0 Å². The minimum atomic E-state index is -4.64. The van der Waals surface area contributed by atoms with Gasteiger partial charge < -0.3 is 28.7 Å². The SMILES string of the molecule is COc1ccc(CCN2CCC(CCOc3ccc(F)cc3)CC2)cc1.FC(F)(F)Oc1ccc(CCN2CCC(CCOc3ccccc3)CC2)cc1.